The van der Waals surface area contributed by atoms with Crippen LogP contribution in [-0.2, 0) is 11.8 Å². The Hall–Kier alpha value is -3.26. The Labute approximate surface area is 169 Å². The summed E-state index contributed by atoms with van der Waals surface area (Å²) in [6, 6.07) is 11.6. The lowest BCUT2D eigenvalue weighted by Gasteiger charge is -2.34. The van der Waals surface area contributed by atoms with Crippen molar-refractivity contribution in [2.45, 2.75) is 6.10 Å². The largest absolute Gasteiger partial charge is 0.378 e. The lowest BCUT2D eigenvalue weighted by Crippen LogP contribution is -2.41. The summed E-state index contributed by atoms with van der Waals surface area (Å²) in [4.78, 5) is 29.6. The van der Waals surface area contributed by atoms with E-state index in [1.807, 2.05) is 20.2 Å². The predicted molar refractivity (Wildman–Crippen MR) is 112 cm³/mol. The van der Waals surface area contributed by atoms with Crippen LogP contribution in [0.25, 0.3) is 11.4 Å². The minimum atomic E-state index is -0.124. The van der Waals surface area contributed by atoms with Gasteiger partial charge in [0.25, 0.3) is 5.56 Å². The normalized spacial score (nSPS) is 16.7. The number of hydrogen-bond acceptors (Lipinski definition) is 7. The van der Waals surface area contributed by atoms with Gasteiger partial charge in [-0.05, 0) is 23.8 Å². The van der Waals surface area contributed by atoms with E-state index in [2.05, 4.69) is 38.0 Å². The zero-order valence-electron chi connectivity index (χ0n) is 16.8. The molecule has 1 atom stereocenters. The van der Waals surface area contributed by atoms with Gasteiger partial charge in [-0.1, -0.05) is 12.1 Å². The molecule has 1 aliphatic rings. The first-order valence-electron chi connectivity index (χ1n) is 9.51. The molecule has 29 heavy (non-hydrogen) atoms. The van der Waals surface area contributed by atoms with Crippen molar-refractivity contribution in [1.82, 2.24) is 19.5 Å². The van der Waals surface area contributed by atoms with Gasteiger partial charge in [-0.2, -0.15) is 0 Å². The Morgan fingerprint density at radius 1 is 1.17 bits per heavy atom. The Balaban J connectivity index is 1.66. The van der Waals surface area contributed by atoms with Gasteiger partial charge in [-0.25, -0.2) is 15.0 Å². The smallest absolute Gasteiger partial charge is 0.255 e. The number of nitrogens with zero attached hydrogens (tertiary/aromatic N) is 6. The van der Waals surface area contributed by atoms with Gasteiger partial charge in [0.2, 0.25) is 5.95 Å². The number of morpholine rings is 1. The van der Waals surface area contributed by atoms with E-state index in [1.165, 1.54) is 12.4 Å². The maximum atomic E-state index is 12.6. The van der Waals surface area contributed by atoms with Crippen LogP contribution in [0.2, 0.25) is 0 Å². The van der Waals surface area contributed by atoms with Crippen LogP contribution in [0.5, 0.6) is 0 Å². The fourth-order valence-electron chi connectivity index (χ4n) is 3.42. The summed E-state index contributed by atoms with van der Waals surface area (Å²) in [5.74, 6) is 0.614. The average Bonchev–Trinajstić information content (AvgIpc) is 2.76. The van der Waals surface area contributed by atoms with E-state index in [0.717, 1.165) is 11.3 Å². The summed E-state index contributed by atoms with van der Waals surface area (Å²) < 4.78 is 7.61. The molecule has 8 heteroatoms. The summed E-state index contributed by atoms with van der Waals surface area (Å²) >= 11 is 0. The highest BCUT2D eigenvalue weighted by Gasteiger charge is 2.25. The summed E-state index contributed by atoms with van der Waals surface area (Å²) in [5.41, 5.74) is 3.28. The minimum absolute atomic E-state index is 0.0942. The highest BCUT2D eigenvalue weighted by Crippen LogP contribution is 2.27. The molecular formula is C21H24N6O2. The average molecular weight is 392 g/mol. The van der Waals surface area contributed by atoms with Crippen LogP contribution < -0.4 is 15.4 Å². The number of benzene rings is 1. The third kappa shape index (κ3) is 3.97. The van der Waals surface area contributed by atoms with Gasteiger partial charge in [0.05, 0.1) is 24.5 Å². The molecule has 0 aliphatic carbocycles. The molecule has 0 N–H and O–H groups in total. The maximum Gasteiger partial charge on any atom is 0.255 e. The standard InChI is InChI=1S/C21H24N6O2/c1-25(2)16-6-4-5-15(11-16)19-13-27(9-10-29-19)21-24-18(12-20(28)26(21)3)17-7-8-22-14-23-17/h4-8,11-12,14,19H,9-10,13H2,1-3H3. The molecule has 1 unspecified atom stereocenters. The Bertz CT molecular complexity index is 1050. The zero-order valence-corrected chi connectivity index (χ0v) is 16.8. The van der Waals surface area contributed by atoms with Crippen molar-refractivity contribution >= 4 is 11.6 Å². The number of aromatic nitrogens is 4. The van der Waals surface area contributed by atoms with Gasteiger partial charge in [-0.3, -0.25) is 9.36 Å². The minimum Gasteiger partial charge on any atom is -0.378 e. The van der Waals surface area contributed by atoms with Crippen LogP contribution in [-0.4, -0.2) is 53.3 Å². The van der Waals surface area contributed by atoms with Gasteiger partial charge in [0.15, 0.2) is 0 Å². The van der Waals surface area contributed by atoms with Crippen molar-refractivity contribution < 1.29 is 4.74 Å². The summed E-state index contributed by atoms with van der Waals surface area (Å²) in [7, 11) is 5.78. The van der Waals surface area contributed by atoms with Crippen LogP contribution in [0.15, 0.2) is 53.7 Å². The summed E-state index contributed by atoms with van der Waals surface area (Å²) in [6.45, 7) is 1.84. The topological polar surface area (TPSA) is 76.4 Å². The second-order valence-corrected chi connectivity index (χ2v) is 7.23. The second-order valence-electron chi connectivity index (χ2n) is 7.23. The van der Waals surface area contributed by atoms with Crippen molar-refractivity contribution in [2.24, 2.45) is 7.05 Å². The Morgan fingerprint density at radius 2 is 2.03 bits per heavy atom. The van der Waals surface area contributed by atoms with E-state index in [4.69, 9.17) is 9.72 Å². The molecule has 2 aromatic heterocycles. The van der Waals surface area contributed by atoms with Crippen molar-refractivity contribution in [3.05, 3.63) is 64.8 Å². The molecule has 0 amide bonds. The summed E-state index contributed by atoms with van der Waals surface area (Å²) in [5, 5.41) is 0. The summed E-state index contributed by atoms with van der Waals surface area (Å²) in [6.07, 6.45) is 3.00. The van der Waals surface area contributed by atoms with Gasteiger partial charge in [0, 0.05) is 45.6 Å². The first kappa shape index (κ1) is 19.1. The van der Waals surface area contributed by atoms with Crippen LogP contribution in [0.1, 0.15) is 11.7 Å². The van der Waals surface area contributed by atoms with Crippen LogP contribution in [0.3, 0.4) is 0 Å². The van der Waals surface area contributed by atoms with E-state index < -0.39 is 0 Å². The molecule has 0 spiro atoms. The van der Waals surface area contributed by atoms with Gasteiger partial charge >= 0.3 is 0 Å². The van der Waals surface area contributed by atoms with Gasteiger partial charge < -0.3 is 14.5 Å². The molecule has 1 saturated heterocycles. The highest BCUT2D eigenvalue weighted by molar-refractivity contribution is 5.55. The Kier molecular flexibility index (Phi) is 5.26. The van der Waals surface area contributed by atoms with E-state index >= 15 is 0 Å². The molecule has 1 aromatic carbocycles. The lowest BCUT2D eigenvalue weighted by atomic mass is 10.1. The van der Waals surface area contributed by atoms with Crippen LogP contribution >= 0.6 is 0 Å². The van der Waals surface area contributed by atoms with E-state index in [-0.39, 0.29) is 11.7 Å². The third-order valence-electron chi connectivity index (χ3n) is 5.06. The molecule has 1 aliphatic heterocycles. The fourth-order valence-corrected chi connectivity index (χ4v) is 3.42. The molecule has 0 bridgehead atoms. The quantitative estimate of drug-likeness (QED) is 0.671. The highest BCUT2D eigenvalue weighted by atomic mass is 16.5. The molecule has 3 aromatic rings. The molecule has 150 valence electrons. The van der Waals surface area contributed by atoms with Crippen molar-refractivity contribution in [3.63, 3.8) is 0 Å². The van der Waals surface area contributed by atoms with Crippen molar-refractivity contribution in [3.8, 4) is 11.4 Å². The number of anilines is 2. The zero-order chi connectivity index (χ0) is 20.4. The predicted octanol–water partition coefficient (Wildman–Crippen LogP) is 1.88. The molecular weight excluding hydrogens is 368 g/mol. The van der Waals surface area contributed by atoms with Crippen molar-refractivity contribution in [2.75, 3.05) is 43.6 Å². The van der Waals surface area contributed by atoms with Crippen molar-refractivity contribution in [1.29, 1.82) is 0 Å². The van der Waals surface area contributed by atoms with Gasteiger partial charge in [0.1, 0.15) is 12.4 Å². The molecule has 4 rings (SSSR count). The maximum absolute atomic E-state index is 12.6. The van der Waals surface area contributed by atoms with Gasteiger partial charge in [-0.15, -0.1) is 0 Å². The van der Waals surface area contributed by atoms with E-state index in [0.29, 0.717) is 37.0 Å². The number of hydrogen-bond donors (Lipinski definition) is 0. The fraction of sp³-hybridized carbons (Fsp3) is 0.333. The molecule has 8 nitrogen and oxygen atoms in total. The monoisotopic (exact) mass is 392 g/mol. The molecule has 3 heterocycles. The third-order valence-corrected chi connectivity index (χ3v) is 5.06. The lowest BCUT2D eigenvalue weighted by molar-refractivity contribution is 0.0390. The first-order chi connectivity index (χ1) is 14.0. The molecule has 0 radical (unpaired) electrons. The number of rotatable bonds is 4. The number of ether oxygens (including phenoxy) is 1. The first-order valence-corrected chi connectivity index (χ1v) is 9.51. The van der Waals surface area contributed by atoms with Crippen LogP contribution in [0.4, 0.5) is 11.6 Å². The Morgan fingerprint density at radius 3 is 2.79 bits per heavy atom. The molecule has 0 saturated carbocycles. The SMILES string of the molecule is CN(C)c1cccc(C2CN(c3nc(-c4ccncn4)cc(=O)n3C)CCO2)c1. The van der Waals surface area contributed by atoms with E-state index in [1.54, 1.807) is 23.9 Å². The van der Waals surface area contributed by atoms with Crippen LogP contribution in [0, 0.1) is 0 Å². The second kappa shape index (κ2) is 8.00. The van der Waals surface area contributed by atoms with E-state index in [9.17, 15) is 4.79 Å². The molecule has 1 fully saturated rings.